The van der Waals surface area contributed by atoms with Gasteiger partial charge in [-0.2, -0.15) is 5.26 Å². The maximum absolute atomic E-state index is 11.6. The summed E-state index contributed by atoms with van der Waals surface area (Å²) in [5.41, 5.74) is 1.62. The van der Waals surface area contributed by atoms with Gasteiger partial charge in [-0.15, -0.1) is 0 Å². The first-order valence-corrected chi connectivity index (χ1v) is 6.07. The molecule has 0 saturated carbocycles. The van der Waals surface area contributed by atoms with Gasteiger partial charge in [-0.3, -0.25) is 4.79 Å². The van der Waals surface area contributed by atoms with Crippen LogP contribution in [0.25, 0.3) is 0 Å². The molecule has 0 aliphatic heterocycles. The first-order chi connectivity index (χ1) is 9.20. The summed E-state index contributed by atoms with van der Waals surface area (Å²) in [4.78, 5) is 13.6. The number of hydrogen-bond donors (Lipinski definition) is 0. The van der Waals surface area contributed by atoms with Crippen molar-refractivity contribution in [1.82, 2.24) is 4.57 Å². The molecule has 0 amide bonds. The van der Waals surface area contributed by atoms with Crippen molar-refractivity contribution in [1.29, 1.82) is 5.26 Å². The van der Waals surface area contributed by atoms with Gasteiger partial charge in [0, 0.05) is 38.1 Å². The van der Waals surface area contributed by atoms with Crippen LogP contribution in [-0.2, 0) is 6.54 Å². The summed E-state index contributed by atoms with van der Waals surface area (Å²) < 4.78 is 1.67. The van der Waals surface area contributed by atoms with Gasteiger partial charge in [0.2, 0.25) is 0 Å². The molecule has 0 unspecified atom stereocenters. The van der Waals surface area contributed by atoms with Gasteiger partial charge in [0.25, 0.3) is 5.56 Å². The monoisotopic (exact) mass is 253 g/mol. The number of benzene rings is 1. The summed E-state index contributed by atoms with van der Waals surface area (Å²) in [7, 11) is 1.95. The zero-order valence-electron chi connectivity index (χ0n) is 10.8. The molecule has 1 heterocycles. The van der Waals surface area contributed by atoms with E-state index in [1.165, 1.54) is 0 Å². The van der Waals surface area contributed by atoms with Crippen LogP contribution in [0.4, 0.5) is 5.69 Å². The van der Waals surface area contributed by atoms with Crippen LogP contribution in [0.15, 0.2) is 53.5 Å². The van der Waals surface area contributed by atoms with E-state index in [-0.39, 0.29) is 5.56 Å². The molecule has 4 heteroatoms. The zero-order valence-corrected chi connectivity index (χ0v) is 10.8. The van der Waals surface area contributed by atoms with Crippen LogP contribution < -0.4 is 10.5 Å². The molecule has 0 aliphatic carbocycles. The van der Waals surface area contributed by atoms with Crippen molar-refractivity contribution in [2.75, 3.05) is 18.5 Å². The van der Waals surface area contributed by atoms with E-state index in [9.17, 15) is 4.79 Å². The molecule has 0 radical (unpaired) electrons. The smallest absolute Gasteiger partial charge is 0.250 e. The zero-order chi connectivity index (χ0) is 13.7. The standard InChI is InChI=1S/C15H15N3O/c1-17(14-6-4-5-13(11-14)12-16)9-10-18-8-3-2-7-15(18)19/h2-8,11H,9-10H2,1H3. The van der Waals surface area contributed by atoms with Gasteiger partial charge in [0.05, 0.1) is 11.6 Å². The van der Waals surface area contributed by atoms with Crippen molar-refractivity contribution >= 4 is 5.69 Å². The summed E-state index contributed by atoms with van der Waals surface area (Å²) in [6.45, 7) is 1.33. The van der Waals surface area contributed by atoms with Crippen molar-refractivity contribution < 1.29 is 0 Å². The predicted octanol–water partition coefficient (Wildman–Crippen LogP) is 1.86. The second kappa shape index (κ2) is 5.87. The van der Waals surface area contributed by atoms with Crippen molar-refractivity contribution in [3.8, 4) is 6.07 Å². The molecule has 0 spiro atoms. The average molecular weight is 253 g/mol. The van der Waals surface area contributed by atoms with E-state index in [1.807, 2.05) is 36.2 Å². The number of rotatable bonds is 4. The summed E-state index contributed by atoms with van der Waals surface area (Å²) in [6, 6.07) is 14.7. The Hall–Kier alpha value is -2.54. The molecule has 2 aromatic rings. The van der Waals surface area contributed by atoms with E-state index in [2.05, 4.69) is 6.07 Å². The van der Waals surface area contributed by atoms with E-state index in [1.54, 1.807) is 29.0 Å². The van der Waals surface area contributed by atoms with Gasteiger partial charge in [-0.1, -0.05) is 12.1 Å². The van der Waals surface area contributed by atoms with Gasteiger partial charge in [-0.25, -0.2) is 0 Å². The number of likely N-dealkylation sites (N-methyl/N-ethyl adjacent to an activating group) is 1. The first-order valence-electron chi connectivity index (χ1n) is 6.07. The second-order valence-electron chi connectivity index (χ2n) is 4.32. The fourth-order valence-electron chi connectivity index (χ4n) is 1.85. The summed E-state index contributed by atoms with van der Waals surface area (Å²) in [6.07, 6.45) is 1.78. The van der Waals surface area contributed by atoms with Gasteiger partial charge >= 0.3 is 0 Å². The Labute approximate surface area is 112 Å². The van der Waals surface area contributed by atoms with Crippen LogP contribution in [0.2, 0.25) is 0 Å². The Kier molecular flexibility index (Phi) is 3.99. The van der Waals surface area contributed by atoms with Crippen LogP contribution in [0, 0.1) is 11.3 Å². The van der Waals surface area contributed by atoms with Crippen LogP contribution in [0.5, 0.6) is 0 Å². The summed E-state index contributed by atoms with van der Waals surface area (Å²) in [5.74, 6) is 0. The molecule has 0 fully saturated rings. The third-order valence-electron chi connectivity index (χ3n) is 2.99. The van der Waals surface area contributed by atoms with Gasteiger partial charge in [0.1, 0.15) is 0 Å². The summed E-state index contributed by atoms with van der Waals surface area (Å²) >= 11 is 0. The number of nitriles is 1. The number of pyridine rings is 1. The number of hydrogen-bond acceptors (Lipinski definition) is 3. The highest BCUT2D eigenvalue weighted by atomic mass is 16.1. The van der Waals surface area contributed by atoms with E-state index in [4.69, 9.17) is 5.26 Å². The van der Waals surface area contributed by atoms with Gasteiger partial charge in [-0.05, 0) is 24.3 Å². The fourth-order valence-corrected chi connectivity index (χ4v) is 1.85. The minimum atomic E-state index is 0.00155. The van der Waals surface area contributed by atoms with E-state index in [0.717, 1.165) is 5.69 Å². The molecule has 1 aromatic carbocycles. The minimum absolute atomic E-state index is 0.00155. The molecular weight excluding hydrogens is 238 g/mol. The third kappa shape index (κ3) is 3.23. The topological polar surface area (TPSA) is 49.0 Å². The Balaban J connectivity index is 2.06. The number of aromatic nitrogens is 1. The maximum atomic E-state index is 11.6. The van der Waals surface area contributed by atoms with Crippen molar-refractivity contribution in [2.24, 2.45) is 0 Å². The summed E-state index contributed by atoms with van der Waals surface area (Å²) in [5, 5.41) is 8.87. The molecule has 96 valence electrons. The van der Waals surface area contributed by atoms with Gasteiger partial charge < -0.3 is 9.47 Å². The van der Waals surface area contributed by atoms with E-state index >= 15 is 0 Å². The molecule has 0 bridgehead atoms. The highest BCUT2D eigenvalue weighted by Crippen LogP contribution is 2.13. The van der Waals surface area contributed by atoms with Crippen LogP contribution in [0.3, 0.4) is 0 Å². The largest absolute Gasteiger partial charge is 0.373 e. The van der Waals surface area contributed by atoms with Gasteiger partial charge in [0.15, 0.2) is 0 Å². The second-order valence-corrected chi connectivity index (χ2v) is 4.32. The molecular formula is C15H15N3O. The average Bonchev–Trinajstić information content (AvgIpc) is 2.46. The van der Waals surface area contributed by atoms with Crippen LogP contribution in [-0.4, -0.2) is 18.2 Å². The Morgan fingerprint density at radius 3 is 2.84 bits per heavy atom. The molecule has 0 saturated heterocycles. The van der Waals surface area contributed by atoms with Crippen LogP contribution >= 0.6 is 0 Å². The highest BCUT2D eigenvalue weighted by Gasteiger charge is 2.02. The number of nitrogens with zero attached hydrogens (tertiary/aromatic N) is 3. The Bertz CT molecular complexity index is 655. The SMILES string of the molecule is CN(CCn1ccccc1=O)c1cccc(C#N)c1. The molecule has 0 atom stereocenters. The van der Waals surface area contributed by atoms with E-state index < -0.39 is 0 Å². The fraction of sp³-hybridized carbons (Fsp3) is 0.200. The molecule has 0 aliphatic rings. The highest BCUT2D eigenvalue weighted by molar-refractivity contribution is 5.50. The normalized spacial score (nSPS) is 9.89. The van der Waals surface area contributed by atoms with Crippen molar-refractivity contribution in [3.05, 3.63) is 64.6 Å². The Morgan fingerprint density at radius 1 is 1.26 bits per heavy atom. The number of anilines is 1. The lowest BCUT2D eigenvalue weighted by atomic mass is 10.2. The molecule has 4 nitrogen and oxygen atoms in total. The Morgan fingerprint density at radius 2 is 2.11 bits per heavy atom. The quantitative estimate of drug-likeness (QED) is 0.835. The lowest BCUT2D eigenvalue weighted by Crippen LogP contribution is -2.27. The van der Waals surface area contributed by atoms with Crippen molar-refractivity contribution in [3.63, 3.8) is 0 Å². The van der Waals surface area contributed by atoms with Crippen LogP contribution in [0.1, 0.15) is 5.56 Å². The lowest BCUT2D eigenvalue weighted by Gasteiger charge is -2.19. The van der Waals surface area contributed by atoms with Crippen molar-refractivity contribution in [2.45, 2.75) is 6.54 Å². The minimum Gasteiger partial charge on any atom is -0.373 e. The predicted molar refractivity (Wildman–Crippen MR) is 75.1 cm³/mol. The van der Waals surface area contributed by atoms with E-state index in [0.29, 0.717) is 18.7 Å². The molecule has 1 aromatic heterocycles. The molecule has 19 heavy (non-hydrogen) atoms. The first kappa shape index (κ1) is 12.9. The molecule has 0 N–H and O–H groups in total. The maximum Gasteiger partial charge on any atom is 0.250 e. The lowest BCUT2D eigenvalue weighted by molar-refractivity contribution is 0.661. The third-order valence-corrected chi connectivity index (χ3v) is 2.99. The molecule has 2 rings (SSSR count).